The molecule has 3 rings (SSSR count). The first-order chi connectivity index (χ1) is 7.25. The molecule has 0 spiro atoms. The number of aromatic amines is 1. The number of hydrogen-bond acceptors (Lipinski definition) is 2. The van der Waals surface area contributed by atoms with Gasteiger partial charge in [0.1, 0.15) is 0 Å². The molecule has 0 saturated carbocycles. The zero-order chi connectivity index (χ0) is 10.4. The predicted molar refractivity (Wildman–Crippen MR) is 58.3 cm³/mol. The number of H-pyrrole nitrogens is 1. The molecule has 2 heterocycles. The van der Waals surface area contributed by atoms with E-state index in [0.29, 0.717) is 16.2 Å². The van der Waals surface area contributed by atoms with Crippen LogP contribution in [0.25, 0.3) is 16.7 Å². The molecule has 0 bridgehead atoms. The highest BCUT2D eigenvalue weighted by molar-refractivity contribution is 6.31. The first kappa shape index (κ1) is 8.49. The van der Waals surface area contributed by atoms with Gasteiger partial charge in [-0.2, -0.15) is 0 Å². The molecule has 0 unspecified atom stereocenters. The molecule has 4 nitrogen and oxygen atoms in total. The lowest BCUT2D eigenvalue weighted by molar-refractivity contribution is 1.14. The fourth-order valence-corrected chi connectivity index (χ4v) is 1.83. The summed E-state index contributed by atoms with van der Waals surface area (Å²) in [6, 6.07) is 5.21. The summed E-state index contributed by atoms with van der Waals surface area (Å²) < 4.78 is 1.81. The first-order valence-electron chi connectivity index (χ1n) is 4.40. The maximum absolute atomic E-state index is 11.7. The second-order valence-electron chi connectivity index (χ2n) is 3.24. The molecular formula is C10H6ClN3O. The van der Waals surface area contributed by atoms with Crippen LogP contribution in [0.3, 0.4) is 0 Å². The van der Waals surface area contributed by atoms with Crippen LogP contribution in [0.1, 0.15) is 0 Å². The number of benzene rings is 1. The SMILES string of the molecule is O=c1[nH]c2nccn2c2ccc(Cl)cc12. The Morgan fingerprint density at radius 2 is 2.27 bits per heavy atom. The van der Waals surface area contributed by atoms with Crippen molar-refractivity contribution in [2.24, 2.45) is 0 Å². The molecule has 0 aliphatic carbocycles. The third-order valence-corrected chi connectivity index (χ3v) is 2.56. The second-order valence-corrected chi connectivity index (χ2v) is 3.67. The second kappa shape index (κ2) is 2.84. The van der Waals surface area contributed by atoms with Crippen molar-refractivity contribution in [2.75, 3.05) is 0 Å². The number of hydrogen-bond donors (Lipinski definition) is 1. The third-order valence-electron chi connectivity index (χ3n) is 2.33. The topological polar surface area (TPSA) is 50.2 Å². The smallest absolute Gasteiger partial charge is 0.260 e. The van der Waals surface area contributed by atoms with Gasteiger partial charge in [-0.1, -0.05) is 11.6 Å². The molecule has 0 aliphatic rings. The molecule has 0 saturated heterocycles. The van der Waals surface area contributed by atoms with Crippen LogP contribution in [0.15, 0.2) is 35.4 Å². The summed E-state index contributed by atoms with van der Waals surface area (Å²) in [6.45, 7) is 0. The Morgan fingerprint density at radius 1 is 1.40 bits per heavy atom. The highest BCUT2D eigenvalue weighted by Crippen LogP contribution is 2.16. The largest absolute Gasteiger partial charge is 0.291 e. The molecule has 0 amide bonds. The molecule has 0 fully saturated rings. The molecule has 5 heteroatoms. The van der Waals surface area contributed by atoms with Crippen LogP contribution in [-0.4, -0.2) is 14.4 Å². The van der Waals surface area contributed by atoms with Crippen LogP contribution >= 0.6 is 11.6 Å². The number of halogens is 1. The number of rotatable bonds is 0. The lowest BCUT2D eigenvalue weighted by Gasteiger charge is -2.01. The van der Waals surface area contributed by atoms with Gasteiger partial charge in [0.25, 0.3) is 5.56 Å². The van der Waals surface area contributed by atoms with Crippen molar-refractivity contribution in [3.8, 4) is 0 Å². The Labute approximate surface area is 89.1 Å². The zero-order valence-electron chi connectivity index (χ0n) is 7.57. The molecule has 74 valence electrons. The van der Waals surface area contributed by atoms with E-state index in [0.717, 1.165) is 5.52 Å². The molecule has 0 radical (unpaired) electrons. The molecular weight excluding hydrogens is 214 g/mol. The Kier molecular flexibility index (Phi) is 1.61. The molecule has 15 heavy (non-hydrogen) atoms. The van der Waals surface area contributed by atoms with E-state index in [4.69, 9.17) is 11.6 Å². The number of fused-ring (bicyclic) bond motifs is 3. The van der Waals surface area contributed by atoms with Gasteiger partial charge in [0.05, 0.1) is 10.9 Å². The van der Waals surface area contributed by atoms with Crippen molar-refractivity contribution in [2.45, 2.75) is 0 Å². The molecule has 2 aromatic heterocycles. The predicted octanol–water partition coefficient (Wildman–Crippen LogP) is 1.83. The maximum atomic E-state index is 11.7. The molecule has 0 atom stereocenters. The van der Waals surface area contributed by atoms with E-state index < -0.39 is 0 Å². The van der Waals surface area contributed by atoms with Gasteiger partial charge in [-0.15, -0.1) is 0 Å². The highest BCUT2D eigenvalue weighted by Gasteiger charge is 2.04. The average molecular weight is 220 g/mol. The van der Waals surface area contributed by atoms with E-state index in [2.05, 4.69) is 9.97 Å². The zero-order valence-corrected chi connectivity index (χ0v) is 8.32. The molecule has 0 aliphatic heterocycles. The third kappa shape index (κ3) is 1.15. The monoisotopic (exact) mass is 219 g/mol. The molecule has 3 aromatic rings. The van der Waals surface area contributed by atoms with Crippen LogP contribution in [0.5, 0.6) is 0 Å². The van der Waals surface area contributed by atoms with Crippen molar-refractivity contribution in [1.82, 2.24) is 14.4 Å². The van der Waals surface area contributed by atoms with Crippen LogP contribution in [0.4, 0.5) is 0 Å². The number of aromatic nitrogens is 3. The number of nitrogens with zero attached hydrogens (tertiary/aromatic N) is 2. The summed E-state index contributed by atoms with van der Waals surface area (Å²) >= 11 is 5.84. The van der Waals surface area contributed by atoms with Crippen molar-refractivity contribution in [1.29, 1.82) is 0 Å². The van der Waals surface area contributed by atoms with E-state index in [1.54, 1.807) is 24.5 Å². The Morgan fingerprint density at radius 3 is 3.13 bits per heavy atom. The summed E-state index contributed by atoms with van der Waals surface area (Å²) in [4.78, 5) is 18.4. The van der Waals surface area contributed by atoms with Gasteiger partial charge in [0.2, 0.25) is 5.78 Å². The quantitative estimate of drug-likeness (QED) is 0.627. The van der Waals surface area contributed by atoms with Crippen LogP contribution in [-0.2, 0) is 0 Å². The normalized spacial score (nSPS) is 11.3. The van der Waals surface area contributed by atoms with E-state index >= 15 is 0 Å². The fourth-order valence-electron chi connectivity index (χ4n) is 1.66. The van der Waals surface area contributed by atoms with Crippen LogP contribution in [0, 0.1) is 0 Å². The van der Waals surface area contributed by atoms with Crippen LogP contribution < -0.4 is 5.56 Å². The Hall–Kier alpha value is -1.81. The Bertz CT molecular complexity index is 713. The van der Waals surface area contributed by atoms with Gasteiger partial charge in [-0.3, -0.25) is 14.2 Å². The fraction of sp³-hybridized carbons (Fsp3) is 0. The van der Waals surface area contributed by atoms with Crippen molar-refractivity contribution >= 4 is 28.3 Å². The number of imidazole rings is 1. The van der Waals surface area contributed by atoms with Crippen molar-refractivity contribution in [3.05, 3.63) is 46.0 Å². The standard InChI is InChI=1S/C10H6ClN3O/c11-6-1-2-8-7(5-6)9(15)13-10-12-3-4-14(8)10/h1-5H,(H,12,13,15). The summed E-state index contributed by atoms with van der Waals surface area (Å²) in [7, 11) is 0. The molecule has 1 N–H and O–H groups in total. The maximum Gasteiger partial charge on any atom is 0.260 e. The lowest BCUT2D eigenvalue weighted by Crippen LogP contribution is -2.09. The minimum Gasteiger partial charge on any atom is -0.291 e. The summed E-state index contributed by atoms with van der Waals surface area (Å²) in [6.07, 6.45) is 3.43. The highest BCUT2D eigenvalue weighted by atomic mass is 35.5. The van der Waals surface area contributed by atoms with Gasteiger partial charge < -0.3 is 0 Å². The minimum absolute atomic E-state index is 0.175. The molecule has 1 aromatic carbocycles. The van der Waals surface area contributed by atoms with Gasteiger partial charge in [0.15, 0.2) is 0 Å². The first-order valence-corrected chi connectivity index (χ1v) is 4.78. The van der Waals surface area contributed by atoms with Crippen molar-refractivity contribution in [3.63, 3.8) is 0 Å². The average Bonchev–Trinajstić information content (AvgIpc) is 2.66. The minimum atomic E-state index is -0.175. The number of nitrogens with one attached hydrogen (secondary N) is 1. The van der Waals surface area contributed by atoms with Gasteiger partial charge in [-0.25, -0.2) is 4.98 Å². The van der Waals surface area contributed by atoms with E-state index in [9.17, 15) is 4.79 Å². The lowest BCUT2D eigenvalue weighted by atomic mass is 10.2. The van der Waals surface area contributed by atoms with Crippen molar-refractivity contribution < 1.29 is 0 Å². The Balaban J connectivity index is 2.67. The van der Waals surface area contributed by atoms with E-state index in [-0.39, 0.29) is 5.56 Å². The van der Waals surface area contributed by atoms with E-state index in [1.807, 2.05) is 10.5 Å². The van der Waals surface area contributed by atoms with Gasteiger partial charge in [-0.05, 0) is 18.2 Å². The van der Waals surface area contributed by atoms with Crippen LogP contribution in [0.2, 0.25) is 5.02 Å². The summed E-state index contributed by atoms with van der Waals surface area (Å²) in [5.41, 5.74) is 0.627. The van der Waals surface area contributed by atoms with E-state index in [1.165, 1.54) is 0 Å². The van der Waals surface area contributed by atoms with Gasteiger partial charge >= 0.3 is 0 Å². The summed E-state index contributed by atoms with van der Waals surface area (Å²) in [5.74, 6) is 0.537. The summed E-state index contributed by atoms with van der Waals surface area (Å²) in [5, 5.41) is 1.11. The van der Waals surface area contributed by atoms with Gasteiger partial charge in [0, 0.05) is 17.4 Å².